The minimum absolute atomic E-state index is 0.00211. The van der Waals surface area contributed by atoms with Crippen LogP contribution in [0, 0.1) is 13.8 Å². The van der Waals surface area contributed by atoms with Crippen LogP contribution >= 0.6 is 0 Å². The summed E-state index contributed by atoms with van der Waals surface area (Å²) in [6.07, 6.45) is 7.18. The van der Waals surface area contributed by atoms with Crippen molar-refractivity contribution in [1.29, 1.82) is 0 Å². The number of nitrogens with zero attached hydrogens (tertiary/aromatic N) is 5. The van der Waals surface area contributed by atoms with E-state index in [-0.39, 0.29) is 11.6 Å². The number of H-pyrrole nitrogens is 1. The zero-order valence-electron chi connectivity index (χ0n) is 20.1. The Kier molecular flexibility index (Phi) is 6.32. The van der Waals surface area contributed by atoms with Crippen molar-refractivity contribution >= 4 is 10.9 Å². The number of aromatic nitrogens is 5. The summed E-state index contributed by atoms with van der Waals surface area (Å²) in [5, 5.41) is 13.8. The molecule has 0 spiro atoms. The van der Waals surface area contributed by atoms with E-state index < -0.39 is 0 Å². The van der Waals surface area contributed by atoms with Crippen LogP contribution in [0.3, 0.4) is 0 Å². The Hall–Kier alpha value is -3.26. The van der Waals surface area contributed by atoms with Gasteiger partial charge in [0.2, 0.25) is 0 Å². The van der Waals surface area contributed by atoms with E-state index in [9.17, 15) is 4.79 Å². The van der Waals surface area contributed by atoms with Crippen LogP contribution in [-0.2, 0) is 13.1 Å². The first-order valence-corrected chi connectivity index (χ1v) is 12.2. The van der Waals surface area contributed by atoms with Gasteiger partial charge in [-0.15, -0.1) is 5.10 Å². The van der Waals surface area contributed by atoms with Crippen LogP contribution in [0.5, 0.6) is 0 Å². The van der Waals surface area contributed by atoms with Gasteiger partial charge in [-0.1, -0.05) is 25.8 Å². The molecule has 1 aliphatic carbocycles. The Balaban J connectivity index is 1.52. The van der Waals surface area contributed by atoms with E-state index in [2.05, 4.69) is 58.3 Å². The van der Waals surface area contributed by atoms with E-state index in [1.165, 1.54) is 18.4 Å². The highest BCUT2D eigenvalue weighted by Crippen LogP contribution is 2.34. The lowest BCUT2D eigenvalue weighted by Crippen LogP contribution is -2.39. The van der Waals surface area contributed by atoms with Gasteiger partial charge in [0, 0.05) is 29.1 Å². The highest BCUT2D eigenvalue weighted by molar-refractivity contribution is 5.83. The Bertz CT molecular complexity index is 1320. The summed E-state index contributed by atoms with van der Waals surface area (Å²) in [4.78, 5) is 18.7. The van der Waals surface area contributed by atoms with Gasteiger partial charge in [0.25, 0.3) is 5.56 Å². The van der Waals surface area contributed by atoms with Crippen LogP contribution in [0.4, 0.5) is 0 Å². The van der Waals surface area contributed by atoms with Crippen molar-refractivity contribution in [3.05, 3.63) is 75.2 Å². The molecule has 1 atom stereocenters. The number of nitrogens with one attached hydrogen (secondary N) is 1. The third-order valence-corrected chi connectivity index (χ3v) is 7.07. The van der Waals surface area contributed by atoms with Crippen LogP contribution in [-0.4, -0.2) is 36.1 Å². The Labute approximate surface area is 199 Å². The molecule has 0 saturated heterocycles. The van der Waals surface area contributed by atoms with Crippen molar-refractivity contribution in [3.8, 4) is 0 Å². The molecule has 5 rings (SSSR count). The van der Waals surface area contributed by atoms with Crippen molar-refractivity contribution in [2.75, 3.05) is 0 Å². The molecule has 1 N–H and O–H groups in total. The van der Waals surface area contributed by atoms with Gasteiger partial charge in [0.05, 0.1) is 12.3 Å². The Morgan fingerprint density at radius 2 is 2.06 bits per heavy atom. The number of tetrazole rings is 1. The fourth-order valence-corrected chi connectivity index (χ4v) is 5.44. The van der Waals surface area contributed by atoms with E-state index in [1.54, 1.807) is 6.26 Å². The monoisotopic (exact) mass is 460 g/mol. The van der Waals surface area contributed by atoms with Crippen molar-refractivity contribution in [3.63, 3.8) is 0 Å². The van der Waals surface area contributed by atoms with Crippen LogP contribution in [0.2, 0.25) is 0 Å². The third-order valence-electron chi connectivity index (χ3n) is 7.07. The van der Waals surface area contributed by atoms with Gasteiger partial charge in [0.1, 0.15) is 12.3 Å². The average molecular weight is 461 g/mol. The number of aryl methyl sites for hydroxylation is 2. The maximum absolute atomic E-state index is 13.1. The summed E-state index contributed by atoms with van der Waals surface area (Å²) in [6.45, 7) is 7.37. The van der Waals surface area contributed by atoms with Crippen LogP contribution in [0.15, 0.2) is 45.8 Å². The largest absolute Gasteiger partial charge is 0.467 e. The SMILES string of the molecule is CC[C@H](c1nnnn1Cc1ccco1)N(Cc1cc2c(C)cc(C)cc2[nH]c1=O)C1CCCC1. The van der Waals surface area contributed by atoms with Crippen molar-refractivity contribution in [2.45, 2.75) is 78.0 Å². The molecule has 0 aliphatic heterocycles. The van der Waals surface area contributed by atoms with Gasteiger partial charge in [-0.05, 0) is 78.9 Å². The second-order valence-electron chi connectivity index (χ2n) is 9.48. The smallest absolute Gasteiger partial charge is 0.252 e. The normalized spacial score (nSPS) is 15.5. The van der Waals surface area contributed by atoms with E-state index in [0.717, 1.165) is 52.9 Å². The van der Waals surface area contributed by atoms with Gasteiger partial charge < -0.3 is 9.40 Å². The third kappa shape index (κ3) is 4.42. The molecular weight excluding hydrogens is 428 g/mol. The molecule has 0 radical (unpaired) electrons. The van der Waals surface area contributed by atoms with Crippen LogP contribution in [0.1, 0.15) is 73.3 Å². The summed E-state index contributed by atoms with van der Waals surface area (Å²) >= 11 is 0. The fourth-order valence-electron chi connectivity index (χ4n) is 5.44. The highest BCUT2D eigenvalue weighted by Gasteiger charge is 2.32. The molecule has 178 valence electrons. The maximum atomic E-state index is 13.1. The van der Waals surface area contributed by atoms with Crippen molar-refractivity contribution in [1.82, 2.24) is 30.1 Å². The Morgan fingerprint density at radius 3 is 2.79 bits per heavy atom. The first-order valence-electron chi connectivity index (χ1n) is 12.2. The lowest BCUT2D eigenvalue weighted by Gasteiger charge is -2.35. The molecule has 0 amide bonds. The first-order chi connectivity index (χ1) is 16.5. The molecule has 1 aromatic carbocycles. The standard InChI is InChI=1S/C26H32N6O2/c1-4-24(25-28-29-30-32(25)16-21-10-7-11-34-21)31(20-8-5-6-9-20)15-19-14-22-18(3)12-17(2)13-23(22)27-26(19)33/h7,10-14,20,24H,4-6,8-9,15-16H2,1-3H3,(H,27,33)/t24-/m1/s1. The lowest BCUT2D eigenvalue weighted by atomic mass is 10.0. The fraction of sp³-hybridized carbons (Fsp3) is 0.462. The van der Waals surface area contributed by atoms with E-state index in [0.29, 0.717) is 19.1 Å². The molecular formula is C26H32N6O2. The molecule has 3 heterocycles. The summed E-state index contributed by atoms with van der Waals surface area (Å²) in [7, 11) is 0. The Morgan fingerprint density at radius 1 is 1.24 bits per heavy atom. The van der Waals surface area contributed by atoms with Gasteiger partial charge in [0.15, 0.2) is 5.82 Å². The van der Waals surface area contributed by atoms with Gasteiger partial charge in [-0.3, -0.25) is 9.69 Å². The van der Waals surface area contributed by atoms with Gasteiger partial charge in [-0.2, -0.15) is 0 Å². The van der Waals surface area contributed by atoms with Crippen molar-refractivity contribution in [2.24, 2.45) is 0 Å². The van der Waals surface area contributed by atoms with Gasteiger partial charge in [-0.25, -0.2) is 4.68 Å². The average Bonchev–Trinajstić information content (AvgIpc) is 3.58. The predicted molar refractivity (Wildman–Crippen MR) is 131 cm³/mol. The lowest BCUT2D eigenvalue weighted by molar-refractivity contribution is 0.112. The van der Waals surface area contributed by atoms with Crippen LogP contribution < -0.4 is 5.56 Å². The molecule has 8 nitrogen and oxygen atoms in total. The summed E-state index contributed by atoms with van der Waals surface area (Å²) in [5.74, 6) is 1.63. The molecule has 1 fully saturated rings. The molecule has 4 aromatic rings. The number of pyridine rings is 1. The number of aromatic amines is 1. The first kappa shape index (κ1) is 22.5. The molecule has 8 heteroatoms. The quantitative estimate of drug-likeness (QED) is 0.411. The van der Waals surface area contributed by atoms with E-state index in [4.69, 9.17) is 4.42 Å². The summed E-state index contributed by atoms with van der Waals surface area (Å²) < 4.78 is 7.36. The molecule has 1 aliphatic rings. The summed E-state index contributed by atoms with van der Waals surface area (Å²) in [6, 6.07) is 10.5. The minimum Gasteiger partial charge on any atom is -0.467 e. The van der Waals surface area contributed by atoms with Crippen molar-refractivity contribution < 1.29 is 4.42 Å². The molecule has 3 aromatic heterocycles. The van der Waals surface area contributed by atoms with E-state index in [1.807, 2.05) is 22.9 Å². The number of hydrogen-bond donors (Lipinski definition) is 1. The van der Waals surface area contributed by atoms with E-state index >= 15 is 0 Å². The minimum atomic E-state index is -0.0227. The number of rotatable bonds is 8. The number of benzene rings is 1. The molecule has 1 saturated carbocycles. The highest BCUT2D eigenvalue weighted by atomic mass is 16.3. The molecule has 0 unspecified atom stereocenters. The zero-order chi connectivity index (χ0) is 23.7. The second-order valence-corrected chi connectivity index (χ2v) is 9.48. The van der Waals surface area contributed by atoms with Crippen LogP contribution in [0.25, 0.3) is 10.9 Å². The maximum Gasteiger partial charge on any atom is 0.252 e. The second kappa shape index (κ2) is 9.54. The number of furan rings is 1. The molecule has 34 heavy (non-hydrogen) atoms. The topological polar surface area (TPSA) is 92.8 Å². The summed E-state index contributed by atoms with van der Waals surface area (Å²) in [5.41, 5.74) is 3.98. The molecule has 0 bridgehead atoms. The number of hydrogen-bond acceptors (Lipinski definition) is 6. The van der Waals surface area contributed by atoms with Gasteiger partial charge >= 0.3 is 0 Å². The number of fused-ring (bicyclic) bond motifs is 1. The zero-order valence-corrected chi connectivity index (χ0v) is 20.1. The predicted octanol–water partition coefficient (Wildman–Crippen LogP) is 4.67.